The zero-order valence-electron chi connectivity index (χ0n) is 16.0. The van der Waals surface area contributed by atoms with Crippen molar-refractivity contribution in [2.75, 3.05) is 33.3 Å². The van der Waals surface area contributed by atoms with Gasteiger partial charge in [0.15, 0.2) is 5.96 Å². The highest BCUT2D eigenvalue weighted by molar-refractivity contribution is 14.0. The monoisotopic (exact) mass is 480 g/mol. The van der Waals surface area contributed by atoms with E-state index in [4.69, 9.17) is 4.74 Å². The van der Waals surface area contributed by atoms with Crippen molar-refractivity contribution < 1.29 is 14.3 Å². The molecule has 26 heavy (non-hydrogen) atoms. The first-order valence-electron chi connectivity index (χ1n) is 9.55. The summed E-state index contributed by atoms with van der Waals surface area (Å²) in [7, 11) is 1.70. The molecule has 2 rings (SSSR count). The minimum atomic E-state index is -0.141. The van der Waals surface area contributed by atoms with E-state index in [2.05, 4.69) is 15.6 Å². The number of hydrogen-bond acceptors (Lipinski definition) is 4. The smallest absolute Gasteiger partial charge is 0.310 e. The van der Waals surface area contributed by atoms with Crippen LogP contribution in [0.3, 0.4) is 0 Å². The molecule has 150 valence electrons. The Balaban J connectivity index is 0.00000338. The Labute approximate surface area is 173 Å². The van der Waals surface area contributed by atoms with Crippen molar-refractivity contribution >= 4 is 41.8 Å². The molecule has 0 aromatic carbocycles. The van der Waals surface area contributed by atoms with Gasteiger partial charge in [0.2, 0.25) is 5.91 Å². The van der Waals surface area contributed by atoms with Crippen molar-refractivity contribution in [3.05, 3.63) is 0 Å². The van der Waals surface area contributed by atoms with Crippen molar-refractivity contribution in [2.45, 2.75) is 57.9 Å². The summed E-state index contributed by atoms with van der Waals surface area (Å²) in [5, 5.41) is 6.23. The van der Waals surface area contributed by atoms with Gasteiger partial charge in [-0.3, -0.25) is 14.6 Å². The summed E-state index contributed by atoms with van der Waals surface area (Å²) in [5.74, 6) is 0.417. The minimum absolute atomic E-state index is 0. The number of nitrogens with one attached hydrogen (secondary N) is 2. The fraction of sp³-hybridized carbons (Fsp3) is 0.833. The normalized spacial score (nSPS) is 21.5. The maximum atomic E-state index is 12.2. The molecule has 1 saturated carbocycles. The Morgan fingerprint density at radius 3 is 2.54 bits per heavy atom. The quantitative estimate of drug-likeness (QED) is 0.272. The van der Waals surface area contributed by atoms with E-state index in [9.17, 15) is 9.59 Å². The van der Waals surface area contributed by atoms with Crippen LogP contribution < -0.4 is 10.6 Å². The van der Waals surface area contributed by atoms with E-state index in [-0.39, 0.29) is 48.3 Å². The van der Waals surface area contributed by atoms with Gasteiger partial charge in [0.25, 0.3) is 0 Å². The van der Waals surface area contributed by atoms with Gasteiger partial charge in [-0.1, -0.05) is 19.3 Å². The van der Waals surface area contributed by atoms with Crippen LogP contribution in [-0.4, -0.2) is 62.1 Å². The van der Waals surface area contributed by atoms with Crippen LogP contribution in [0.4, 0.5) is 0 Å². The molecule has 0 aromatic heterocycles. The molecule has 2 aliphatic rings. The van der Waals surface area contributed by atoms with Gasteiger partial charge >= 0.3 is 5.97 Å². The first-order valence-corrected chi connectivity index (χ1v) is 9.55. The molecule has 1 heterocycles. The molecule has 2 N–H and O–H groups in total. The number of guanidine groups is 1. The molecule has 1 aliphatic heterocycles. The summed E-state index contributed by atoms with van der Waals surface area (Å²) in [4.78, 5) is 30.4. The van der Waals surface area contributed by atoms with Gasteiger partial charge in [0, 0.05) is 26.2 Å². The number of hydrogen-bond donors (Lipinski definition) is 2. The van der Waals surface area contributed by atoms with Crippen LogP contribution in [0.25, 0.3) is 0 Å². The van der Waals surface area contributed by atoms with E-state index >= 15 is 0 Å². The maximum absolute atomic E-state index is 12.2. The summed E-state index contributed by atoms with van der Waals surface area (Å²) < 4.78 is 5.14. The number of nitrogens with zero attached hydrogens (tertiary/aromatic N) is 2. The third-order valence-corrected chi connectivity index (χ3v) is 4.93. The molecule has 1 amide bonds. The summed E-state index contributed by atoms with van der Waals surface area (Å²) in [6, 6.07) is 0.313. The van der Waals surface area contributed by atoms with Gasteiger partial charge in [0.1, 0.15) is 0 Å². The third-order valence-electron chi connectivity index (χ3n) is 4.93. The van der Waals surface area contributed by atoms with E-state index in [0.717, 1.165) is 32.2 Å². The Kier molecular flexibility index (Phi) is 10.9. The Hall–Kier alpha value is -1.06. The van der Waals surface area contributed by atoms with Crippen molar-refractivity contribution in [3.8, 4) is 0 Å². The second kappa shape index (κ2) is 12.3. The average Bonchev–Trinajstić information content (AvgIpc) is 2.63. The highest BCUT2D eigenvalue weighted by Crippen LogP contribution is 2.18. The zero-order valence-corrected chi connectivity index (χ0v) is 18.3. The molecule has 7 nitrogen and oxygen atoms in total. The zero-order chi connectivity index (χ0) is 18.1. The number of halogens is 1. The number of likely N-dealkylation sites (tertiary alicyclic amines) is 1. The summed E-state index contributed by atoms with van der Waals surface area (Å²) in [5.41, 5.74) is 0. The molecule has 0 radical (unpaired) electrons. The first-order chi connectivity index (χ1) is 12.1. The van der Waals surface area contributed by atoms with Gasteiger partial charge in [-0.15, -0.1) is 24.0 Å². The molecule has 0 bridgehead atoms. The van der Waals surface area contributed by atoms with E-state index < -0.39 is 0 Å². The van der Waals surface area contributed by atoms with Crippen LogP contribution in [0, 0.1) is 5.92 Å². The van der Waals surface area contributed by atoms with Crippen molar-refractivity contribution in [1.82, 2.24) is 15.5 Å². The maximum Gasteiger partial charge on any atom is 0.310 e. The number of piperidine rings is 1. The van der Waals surface area contributed by atoms with Gasteiger partial charge in [-0.05, 0) is 32.6 Å². The number of carbonyl (C=O) groups is 2. The van der Waals surface area contributed by atoms with Crippen LogP contribution in [0.5, 0.6) is 0 Å². The van der Waals surface area contributed by atoms with E-state index in [1.165, 1.54) is 19.3 Å². The highest BCUT2D eigenvalue weighted by Gasteiger charge is 2.28. The van der Waals surface area contributed by atoms with Crippen LogP contribution in [0.2, 0.25) is 0 Å². The van der Waals surface area contributed by atoms with E-state index in [0.29, 0.717) is 25.2 Å². The van der Waals surface area contributed by atoms with E-state index in [1.807, 2.05) is 11.8 Å². The first kappa shape index (κ1) is 23.0. The number of esters is 1. The lowest BCUT2D eigenvalue weighted by molar-refractivity contribution is -0.149. The van der Waals surface area contributed by atoms with Crippen molar-refractivity contribution in [1.29, 1.82) is 0 Å². The number of aliphatic imine (C=N–C) groups is 1. The lowest BCUT2D eigenvalue weighted by Crippen LogP contribution is -2.51. The Morgan fingerprint density at radius 2 is 1.88 bits per heavy atom. The van der Waals surface area contributed by atoms with Gasteiger partial charge < -0.3 is 20.3 Å². The number of carbonyl (C=O) groups excluding carboxylic acids is 2. The molecule has 2 fully saturated rings. The topological polar surface area (TPSA) is 83.0 Å². The van der Waals surface area contributed by atoms with Gasteiger partial charge in [0.05, 0.1) is 19.1 Å². The number of ether oxygens (including phenoxy) is 1. The fourth-order valence-corrected chi connectivity index (χ4v) is 3.64. The van der Waals surface area contributed by atoms with Crippen molar-refractivity contribution in [3.63, 3.8) is 0 Å². The standard InChI is InChI=1S/C18H32N4O3.HI/c1-3-25-17(24)14-8-7-11-22(13-14)18(19-2)20-12-16(23)21-15-9-5-4-6-10-15;/h14-15H,3-13H2,1-2H3,(H,19,20)(H,21,23);1H. The Morgan fingerprint density at radius 1 is 1.15 bits per heavy atom. The van der Waals surface area contributed by atoms with Crippen LogP contribution in [0.15, 0.2) is 4.99 Å². The SMILES string of the molecule is CCOC(=O)C1CCCN(C(=NC)NCC(=O)NC2CCCCC2)C1.I. The second-order valence-electron chi connectivity index (χ2n) is 6.84. The minimum Gasteiger partial charge on any atom is -0.466 e. The predicted octanol–water partition coefficient (Wildman–Crippen LogP) is 1.90. The average molecular weight is 480 g/mol. The van der Waals surface area contributed by atoms with Crippen LogP contribution in [0.1, 0.15) is 51.9 Å². The summed E-state index contributed by atoms with van der Waals surface area (Å²) in [6.07, 6.45) is 7.58. The van der Waals surface area contributed by atoms with Crippen molar-refractivity contribution in [2.24, 2.45) is 10.9 Å². The molecule has 1 atom stereocenters. The van der Waals surface area contributed by atoms with E-state index in [1.54, 1.807) is 7.05 Å². The lowest BCUT2D eigenvalue weighted by atomic mass is 9.95. The highest BCUT2D eigenvalue weighted by atomic mass is 127. The fourth-order valence-electron chi connectivity index (χ4n) is 3.64. The molecule has 0 aromatic rings. The number of amides is 1. The molecular weight excluding hydrogens is 447 g/mol. The van der Waals surface area contributed by atoms with Gasteiger partial charge in [-0.2, -0.15) is 0 Å². The second-order valence-corrected chi connectivity index (χ2v) is 6.84. The van der Waals surface area contributed by atoms with Gasteiger partial charge in [-0.25, -0.2) is 0 Å². The predicted molar refractivity (Wildman–Crippen MR) is 113 cm³/mol. The number of rotatable bonds is 5. The Bertz CT molecular complexity index is 481. The molecule has 8 heteroatoms. The lowest BCUT2D eigenvalue weighted by Gasteiger charge is -2.34. The van der Waals surface area contributed by atoms with Crippen LogP contribution in [-0.2, 0) is 14.3 Å². The molecule has 1 aliphatic carbocycles. The third kappa shape index (κ3) is 7.28. The summed E-state index contributed by atoms with van der Waals surface area (Å²) in [6.45, 7) is 3.86. The summed E-state index contributed by atoms with van der Waals surface area (Å²) >= 11 is 0. The molecular formula is C18H33IN4O3. The molecule has 0 spiro atoms. The van der Waals surface area contributed by atoms with Crippen LogP contribution >= 0.6 is 24.0 Å². The molecule has 1 unspecified atom stereocenters. The largest absolute Gasteiger partial charge is 0.466 e. The molecule has 1 saturated heterocycles.